The molecule has 2 heterocycles. The number of carbonyl (C=O) groups excluding carboxylic acids is 1. The van der Waals surface area contributed by atoms with Crippen molar-refractivity contribution < 1.29 is 18.3 Å². The molecule has 2 aromatic heterocycles. The van der Waals surface area contributed by atoms with Gasteiger partial charge >= 0.3 is 0 Å². The number of aromatic nitrogens is 2. The summed E-state index contributed by atoms with van der Waals surface area (Å²) >= 11 is 8.16. The van der Waals surface area contributed by atoms with Gasteiger partial charge in [0, 0.05) is 0 Å². The Bertz CT molecular complexity index is 884. The van der Waals surface area contributed by atoms with Gasteiger partial charge in [-0.3, -0.25) is 4.79 Å². The fourth-order valence-corrected chi connectivity index (χ4v) is 3.61. The van der Waals surface area contributed by atoms with Crippen LogP contribution >= 0.6 is 34.7 Å². The van der Waals surface area contributed by atoms with Gasteiger partial charge in [0.25, 0.3) is 11.1 Å². The zero-order valence-electron chi connectivity index (χ0n) is 12.9. The van der Waals surface area contributed by atoms with Crippen molar-refractivity contribution in [2.45, 2.75) is 18.3 Å². The summed E-state index contributed by atoms with van der Waals surface area (Å²) in [5.41, 5.74) is 0. The number of hydrogen-bond acceptors (Lipinski definition) is 7. The second-order valence-corrected chi connectivity index (χ2v) is 7.55. The Morgan fingerprint density at radius 3 is 2.88 bits per heavy atom. The molecule has 1 atom stereocenters. The highest BCUT2D eigenvalue weighted by Gasteiger charge is 2.18. The number of halogens is 2. The number of hydrogen-bond donors (Lipinski definition) is 0. The molecule has 0 aliphatic carbocycles. The zero-order valence-corrected chi connectivity index (χ0v) is 15.3. The van der Waals surface area contributed by atoms with Gasteiger partial charge in [0.15, 0.2) is 23.5 Å². The highest BCUT2D eigenvalue weighted by atomic mass is 35.5. The van der Waals surface area contributed by atoms with Crippen LogP contribution in [0.4, 0.5) is 4.39 Å². The molecule has 0 saturated heterocycles. The van der Waals surface area contributed by atoms with Crippen LogP contribution in [0.15, 0.2) is 46.0 Å². The maximum Gasteiger partial charge on any atom is 0.277 e. The number of thiophene rings is 1. The Kier molecular flexibility index (Phi) is 5.72. The predicted octanol–water partition coefficient (Wildman–Crippen LogP) is 5.04. The molecule has 0 aliphatic rings. The molecular formula is C16H12ClFN2O3S2. The average Bonchev–Trinajstić information content (AvgIpc) is 3.24. The van der Waals surface area contributed by atoms with Crippen molar-refractivity contribution in [3.63, 3.8) is 0 Å². The Morgan fingerprint density at radius 2 is 2.16 bits per heavy atom. The van der Waals surface area contributed by atoms with Crippen LogP contribution in [0.5, 0.6) is 5.75 Å². The molecule has 0 spiro atoms. The maximum absolute atomic E-state index is 13.6. The molecule has 0 bridgehead atoms. The van der Waals surface area contributed by atoms with E-state index in [2.05, 4.69) is 10.2 Å². The minimum Gasteiger partial charge on any atom is -0.478 e. The first kappa shape index (κ1) is 17.9. The molecule has 9 heteroatoms. The van der Waals surface area contributed by atoms with Crippen LogP contribution in [0.3, 0.4) is 0 Å². The average molecular weight is 399 g/mol. The van der Waals surface area contributed by atoms with Gasteiger partial charge in [-0.05, 0) is 31.2 Å². The van der Waals surface area contributed by atoms with Crippen molar-refractivity contribution in [3.05, 3.63) is 57.3 Å². The standard InChI is InChI=1S/C16H12ClFN2O3S2/c1-9(22-12-5-3-2-4-10(12)18)15-19-20-16(23-15)24-8-11(21)13-6-7-14(17)25-13/h2-7,9H,8H2,1H3/t9-/m1/s1. The summed E-state index contributed by atoms with van der Waals surface area (Å²) in [6, 6.07) is 9.42. The molecule has 0 N–H and O–H groups in total. The smallest absolute Gasteiger partial charge is 0.277 e. The van der Waals surface area contributed by atoms with Crippen LogP contribution in [0.2, 0.25) is 4.34 Å². The molecule has 1 aromatic carbocycles. The monoisotopic (exact) mass is 398 g/mol. The molecule has 3 rings (SSSR count). The maximum atomic E-state index is 13.6. The lowest BCUT2D eigenvalue weighted by molar-refractivity contribution is 0.102. The van der Waals surface area contributed by atoms with E-state index in [1.165, 1.54) is 23.5 Å². The van der Waals surface area contributed by atoms with Crippen molar-refractivity contribution in [3.8, 4) is 5.75 Å². The summed E-state index contributed by atoms with van der Waals surface area (Å²) < 4.78 is 25.1. The SMILES string of the molecule is C[C@@H](Oc1ccccc1F)c1nnc(SCC(=O)c2ccc(Cl)s2)o1. The number of thioether (sulfide) groups is 1. The highest BCUT2D eigenvalue weighted by Crippen LogP contribution is 2.27. The summed E-state index contributed by atoms with van der Waals surface area (Å²) in [6.07, 6.45) is -0.620. The third-order valence-electron chi connectivity index (χ3n) is 3.09. The molecule has 0 radical (unpaired) electrons. The number of benzene rings is 1. The van der Waals surface area contributed by atoms with Gasteiger partial charge in [-0.15, -0.1) is 21.5 Å². The summed E-state index contributed by atoms with van der Waals surface area (Å²) in [7, 11) is 0. The van der Waals surface area contributed by atoms with Gasteiger partial charge in [0.2, 0.25) is 0 Å². The van der Waals surface area contributed by atoms with Gasteiger partial charge in [-0.25, -0.2) is 4.39 Å². The molecule has 3 aromatic rings. The predicted molar refractivity (Wildman–Crippen MR) is 94.1 cm³/mol. The van der Waals surface area contributed by atoms with Crippen molar-refractivity contribution >= 4 is 40.5 Å². The van der Waals surface area contributed by atoms with E-state index in [9.17, 15) is 9.18 Å². The lowest BCUT2D eigenvalue weighted by Crippen LogP contribution is -2.04. The normalized spacial score (nSPS) is 12.1. The number of ketones is 1. The van der Waals surface area contributed by atoms with Crippen molar-refractivity contribution in [1.82, 2.24) is 10.2 Å². The molecule has 25 heavy (non-hydrogen) atoms. The number of rotatable bonds is 7. The second kappa shape index (κ2) is 7.99. The molecule has 0 unspecified atom stereocenters. The summed E-state index contributed by atoms with van der Waals surface area (Å²) in [6.45, 7) is 1.67. The largest absolute Gasteiger partial charge is 0.478 e. The second-order valence-electron chi connectivity index (χ2n) is 4.91. The first-order valence-electron chi connectivity index (χ1n) is 7.19. The Morgan fingerprint density at radius 1 is 1.36 bits per heavy atom. The van der Waals surface area contributed by atoms with E-state index in [1.54, 1.807) is 31.2 Å². The molecule has 130 valence electrons. The lowest BCUT2D eigenvalue weighted by Gasteiger charge is -2.11. The highest BCUT2D eigenvalue weighted by molar-refractivity contribution is 7.99. The van der Waals surface area contributed by atoms with Gasteiger partial charge in [0.05, 0.1) is 15.0 Å². The molecule has 0 amide bonds. The summed E-state index contributed by atoms with van der Waals surface area (Å²) in [4.78, 5) is 12.6. The van der Waals surface area contributed by atoms with Gasteiger partial charge in [-0.1, -0.05) is 35.5 Å². The number of carbonyl (C=O) groups is 1. The Labute approximate surface area is 156 Å². The van der Waals surface area contributed by atoms with Crippen LogP contribution in [-0.4, -0.2) is 21.7 Å². The minimum atomic E-state index is -0.620. The minimum absolute atomic E-state index is 0.0719. The quantitative estimate of drug-likeness (QED) is 0.410. The van der Waals surface area contributed by atoms with Gasteiger partial charge in [-0.2, -0.15) is 0 Å². The van der Waals surface area contributed by atoms with E-state index >= 15 is 0 Å². The lowest BCUT2D eigenvalue weighted by atomic mass is 10.3. The molecule has 5 nitrogen and oxygen atoms in total. The van der Waals surface area contributed by atoms with E-state index in [4.69, 9.17) is 20.8 Å². The van der Waals surface area contributed by atoms with E-state index in [0.717, 1.165) is 11.8 Å². The van der Waals surface area contributed by atoms with Crippen molar-refractivity contribution in [2.24, 2.45) is 0 Å². The van der Waals surface area contributed by atoms with Crippen LogP contribution < -0.4 is 4.74 Å². The molecule has 0 fully saturated rings. The third-order valence-corrected chi connectivity index (χ3v) is 5.18. The molecular weight excluding hydrogens is 387 g/mol. The molecule has 0 saturated carbocycles. The topological polar surface area (TPSA) is 65.2 Å². The number of nitrogens with zero attached hydrogens (tertiary/aromatic N) is 2. The van der Waals surface area contributed by atoms with Crippen LogP contribution in [0.25, 0.3) is 0 Å². The fraction of sp³-hybridized carbons (Fsp3) is 0.188. The first-order valence-corrected chi connectivity index (χ1v) is 9.37. The third kappa shape index (κ3) is 4.59. The zero-order chi connectivity index (χ0) is 17.8. The Hall–Kier alpha value is -1.90. The van der Waals surface area contributed by atoms with E-state index in [0.29, 0.717) is 9.21 Å². The molecule has 0 aliphatic heterocycles. The first-order chi connectivity index (χ1) is 12.0. The van der Waals surface area contributed by atoms with E-state index in [1.807, 2.05) is 0 Å². The number of ether oxygens (including phenoxy) is 1. The van der Waals surface area contributed by atoms with Crippen molar-refractivity contribution in [1.29, 1.82) is 0 Å². The Balaban J connectivity index is 1.58. The van der Waals surface area contributed by atoms with Crippen LogP contribution in [-0.2, 0) is 0 Å². The van der Waals surface area contributed by atoms with Crippen LogP contribution in [0, 0.1) is 5.82 Å². The van der Waals surface area contributed by atoms with Crippen molar-refractivity contribution in [2.75, 3.05) is 5.75 Å². The van der Waals surface area contributed by atoms with E-state index in [-0.39, 0.29) is 28.4 Å². The summed E-state index contributed by atoms with van der Waals surface area (Å²) in [5, 5.41) is 8.00. The number of para-hydroxylation sites is 1. The number of Topliss-reactive ketones (excluding diaryl/α,β-unsaturated/α-hetero) is 1. The van der Waals surface area contributed by atoms with Crippen LogP contribution in [0.1, 0.15) is 28.6 Å². The van der Waals surface area contributed by atoms with Gasteiger partial charge < -0.3 is 9.15 Å². The summed E-state index contributed by atoms with van der Waals surface area (Å²) in [5.74, 6) is -0.0772. The fourth-order valence-electron chi connectivity index (χ4n) is 1.89. The van der Waals surface area contributed by atoms with E-state index < -0.39 is 11.9 Å². The van der Waals surface area contributed by atoms with Gasteiger partial charge in [0.1, 0.15) is 0 Å².